The van der Waals surface area contributed by atoms with Crippen molar-refractivity contribution in [2.75, 3.05) is 0 Å². The molecular formula is C9H6ClN2O2-. The number of pyridine rings is 1. The molecule has 0 radical (unpaired) electrons. The number of carboxylic acids is 1. The summed E-state index contributed by atoms with van der Waals surface area (Å²) in [4.78, 5) is 14.9. The second-order valence-corrected chi connectivity index (χ2v) is 3.35. The van der Waals surface area contributed by atoms with Gasteiger partial charge in [0.1, 0.15) is 5.65 Å². The third-order valence-corrected chi connectivity index (χ3v) is 2.17. The van der Waals surface area contributed by atoms with Crippen molar-refractivity contribution in [1.29, 1.82) is 0 Å². The van der Waals surface area contributed by atoms with Crippen LogP contribution in [0.25, 0.3) is 5.65 Å². The van der Waals surface area contributed by atoms with Crippen LogP contribution in [0.1, 0.15) is 16.2 Å². The van der Waals surface area contributed by atoms with Crippen LogP contribution in [0.3, 0.4) is 0 Å². The largest absolute Gasteiger partial charge is 0.543 e. The maximum atomic E-state index is 10.8. The number of rotatable bonds is 1. The van der Waals surface area contributed by atoms with E-state index in [0.717, 1.165) is 0 Å². The van der Waals surface area contributed by atoms with E-state index in [-0.39, 0.29) is 5.69 Å². The number of carbonyl (C=O) groups is 1. The van der Waals surface area contributed by atoms with Crippen molar-refractivity contribution in [2.45, 2.75) is 6.92 Å². The Hall–Kier alpha value is -1.55. The van der Waals surface area contributed by atoms with Crippen molar-refractivity contribution < 1.29 is 9.90 Å². The Morgan fingerprint density at radius 3 is 2.93 bits per heavy atom. The number of carbonyl (C=O) groups excluding carboxylic acids is 1. The molecule has 4 nitrogen and oxygen atoms in total. The summed E-state index contributed by atoms with van der Waals surface area (Å²) < 4.78 is 1.41. The number of carboxylic acid groups (broad SMARTS) is 1. The number of halogens is 1. The smallest absolute Gasteiger partial charge is 0.137 e. The van der Waals surface area contributed by atoms with Gasteiger partial charge in [0, 0.05) is 6.20 Å². The van der Waals surface area contributed by atoms with E-state index >= 15 is 0 Å². The standard InChI is InChI=1S/C9H7ClN2O2/c1-5-8(9(13)14)12-4-6(10)2-3-7(12)11-5/h2-4H,1H3,(H,13,14)/p-1. The first kappa shape index (κ1) is 9.02. The highest BCUT2D eigenvalue weighted by molar-refractivity contribution is 6.30. The first-order valence-corrected chi connectivity index (χ1v) is 4.33. The van der Waals surface area contributed by atoms with E-state index in [0.29, 0.717) is 16.4 Å². The fourth-order valence-corrected chi connectivity index (χ4v) is 1.54. The lowest BCUT2D eigenvalue weighted by Crippen LogP contribution is -2.24. The van der Waals surface area contributed by atoms with Crippen LogP contribution in [0.2, 0.25) is 5.02 Å². The molecule has 2 aromatic rings. The third-order valence-electron chi connectivity index (χ3n) is 1.95. The van der Waals surface area contributed by atoms with Crippen molar-refractivity contribution >= 4 is 23.2 Å². The fourth-order valence-electron chi connectivity index (χ4n) is 1.38. The maximum Gasteiger partial charge on any atom is 0.137 e. The van der Waals surface area contributed by atoms with Crippen molar-refractivity contribution in [3.8, 4) is 0 Å². The summed E-state index contributed by atoms with van der Waals surface area (Å²) in [6, 6.07) is 3.31. The molecule has 14 heavy (non-hydrogen) atoms. The van der Waals surface area contributed by atoms with Gasteiger partial charge in [-0.25, -0.2) is 4.98 Å². The van der Waals surface area contributed by atoms with Crippen LogP contribution < -0.4 is 5.11 Å². The Balaban J connectivity index is 2.86. The van der Waals surface area contributed by atoms with Crippen molar-refractivity contribution in [3.63, 3.8) is 0 Å². The average molecular weight is 210 g/mol. The summed E-state index contributed by atoms with van der Waals surface area (Å²) in [7, 11) is 0. The van der Waals surface area contributed by atoms with Gasteiger partial charge in [-0.3, -0.25) is 4.40 Å². The Kier molecular flexibility index (Phi) is 1.93. The summed E-state index contributed by atoms with van der Waals surface area (Å²) in [5, 5.41) is 11.2. The van der Waals surface area contributed by atoms with Crippen LogP contribution >= 0.6 is 11.6 Å². The summed E-state index contributed by atoms with van der Waals surface area (Å²) >= 11 is 5.74. The van der Waals surface area contributed by atoms with Gasteiger partial charge in [-0.05, 0) is 19.1 Å². The molecule has 72 valence electrons. The van der Waals surface area contributed by atoms with Gasteiger partial charge in [-0.1, -0.05) is 11.6 Å². The lowest BCUT2D eigenvalue weighted by atomic mass is 10.3. The summed E-state index contributed by atoms with van der Waals surface area (Å²) in [6.45, 7) is 1.62. The molecule has 0 saturated heterocycles. The molecule has 0 saturated carbocycles. The van der Waals surface area contributed by atoms with E-state index in [2.05, 4.69) is 4.98 Å². The molecule has 0 fully saturated rings. The highest BCUT2D eigenvalue weighted by Crippen LogP contribution is 2.15. The molecule has 0 aliphatic heterocycles. The van der Waals surface area contributed by atoms with E-state index in [1.807, 2.05) is 0 Å². The summed E-state index contributed by atoms with van der Waals surface area (Å²) in [6.07, 6.45) is 1.50. The number of aromatic nitrogens is 2. The zero-order valence-electron chi connectivity index (χ0n) is 7.32. The zero-order valence-corrected chi connectivity index (χ0v) is 8.08. The van der Waals surface area contributed by atoms with Gasteiger partial charge in [-0.15, -0.1) is 0 Å². The topological polar surface area (TPSA) is 57.4 Å². The summed E-state index contributed by atoms with van der Waals surface area (Å²) in [5.41, 5.74) is 1.01. The number of aromatic carboxylic acids is 1. The Morgan fingerprint density at radius 1 is 1.57 bits per heavy atom. The van der Waals surface area contributed by atoms with Crippen LogP contribution in [0.5, 0.6) is 0 Å². The van der Waals surface area contributed by atoms with E-state index in [1.54, 1.807) is 19.1 Å². The van der Waals surface area contributed by atoms with Crippen molar-refractivity contribution in [1.82, 2.24) is 9.38 Å². The quantitative estimate of drug-likeness (QED) is 0.693. The highest BCUT2D eigenvalue weighted by atomic mass is 35.5. The Labute approximate surface area is 84.8 Å². The SMILES string of the molecule is Cc1nc2ccc(Cl)cn2c1C(=O)[O-]. The second-order valence-electron chi connectivity index (χ2n) is 2.91. The normalized spacial score (nSPS) is 10.7. The Bertz CT molecular complexity index is 519. The third kappa shape index (κ3) is 1.24. The van der Waals surface area contributed by atoms with Gasteiger partial charge in [0.05, 0.1) is 22.4 Å². The Morgan fingerprint density at radius 2 is 2.29 bits per heavy atom. The molecule has 0 N–H and O–H groups in total. The number of aryl methyl sites for hydroxylation is 1. The number of hydrogen-bond donors (Lipinski definition) is 0. The molecule has 2 aromatic heterocycles. The van der Waals surface area contributed by atoms with Gasteiger partial charge in [-0.2, -0.15) is 0 Å². The molecule has 0 aliphatic carbocycles. The van der Waals surface area contributed by atoms with Gasteiger partial charge in [0.2, 0.25) is 0 Å². The van der Waals surface area contributed by atoms with Crippen LogP contribution in [0, 0.1) is 6.92 Å². The fraction of sp³-hybridized carbons (Fsp3) is 0.111. The van der Waals surface area contributed by atoms with E-state index in [1.165, 1.54) is 10.6 Å². The molecule has 0 unspecified atom stereocenters. The van der Waals surface area contributed by atoms with Crippen LogP contribution in [-0.2, 0) is 0 Å². The second kappa shape index (κ2) is 2.99. The molecule has 0 amide bonds. The predicted molar refractivity (Wildman–Crippen MR) is 49.3 cm³/mol. The van der Waals surface area contributed by atoms with Crippen molar-refractivity contribution in [3.05, 3.63) is 34.7 Å². The van der Waals surface area contributed by atoms with Crippen LogP contribution in [0.15, 0.2) is 18.3 Å². The van der Waals surface area contributed by atoms with E-state index in [9.17, 15) is 9.90 Å². The van der Waals surface area contributed by atoms with Crippen LogP contribution in [-0.4, -0.2) is 15.4 Å². The van der Waals surface area contributed by atoms with Gasteiger partial charge in [0.25, 0.3) is 0 Å². The van der Waals surface area contributed by atoms with Crippen molar-refractivity contribution in [2.24, 2.45) is 0 Å². The first-order valence-electron chi connectivity index (χ1n) is 3.95. The molecule has 0 atom stereocenters. The first-order chi connectivity index (χ1) is 6.59. The predicted octanol–water partition coefficient (Wildman–Crippen LogP) is 0.660. The molecule has 2 heterocycles. The summed E-state index contributed by atoms with van der Waals surface area (Å²) in [5.74, 6) is -1.25. The molecular weight excluding hydrogens is 204 g/mol. The number of imidazole rings is 1. The van der Waals surface area contributed by atoms with Gasteiger partial charge < -0.3 is 9.90 Å². The lowest BCUT2D eigenvalue weighted by molar-refractivity contribution is -0.255. The molecule has 0 bridgehead atoms. The molecule has 0 spiro atoms. The monoisotopic (exact) mass is 209 g/mol. The van der Waals surface area contributed by atoms with E-state index in [4.69, 9.17) is 11.6 Å². The van der Waals surface area contributed by atoms with Crippen LogP contribution in [0.4, 0.5) is 0 Å². The minimum Gasteiger partial charge on any atom is -0.543 e. The van der Waals surface area contributed by atoms with Gasteiger partial charge >= 0.3 is 0 Å². The zero-order chi connectivity index (χ0) is 10.3. The number of nitrogens with zero attached hydrogens (tertiary/aromatic N) is 2. The molecule has 0 aliphatic rings. The minimum absolute atomic E-state index is 0.0440. The maximum absolute atomic E-state index is 10.8. The molecule has 2 rings (SSSR count). The number of hydrogen-bond acceptors (Lipinski definition) is 3. The average Bonchev–Trinajstić information content (AvgIpc) is 2.40. The van der Waals surface area contributed by atoms with Gasteiger partial charge in [0.15, 0.2) is 0 Å². The van der Waals surface area contributed by atoms with E-state index < -0.39 is 5.97 Å². The lowest BCUT2D eigenvalue weighted by Gasteiger charge is -2.03. The highest BCUT2D eigenvalue weighted by Gasteiger charge is 2.08. The molecule has 5 heteroatoms. The molecule has 0 aromatic carbocycles. The minimum atomic E-state index is -1.25. The number of fused-ring (bicyclic) bond motifs is 1.